The molecule has 1 unspecified atom stereocenters. The summed E-state index contributed by atoms with van der Waals surface area (Å²) in [7, 11) is 0. The van der Waals surface area contributed by atoms with E-state index in [1.165, 1.54) is 0 Å². The number of carboxylic acid groups (broad SMARTS) is 1. The molecule has 0 radical (unpaired) electrons. The van der Waals surface area contributed by atoms with Crippen LogP contribution in [0.2, 0.25) is 5.02 Å². The van der Waals surface area contributed by atoms with Crippen molar-refractivity contribution in [1.29, 1.82) is 0 Å². The molecule has 1 heterocycles. The predicted molar refractivity (Wildman–Crippen MR) is 62.8 cm³/mol. The Hall–Kier alpha value is -1.42. The van der Waals surface area contributed by atoms with Gasteiger partial charge in [-0.1, -0.05) is 25.4 Å². The zero-order valence-electron chi connectivity index (χ0n) is 9.57. The Balaban J connectivity index is 2.45. The van der Waals surface area contributed by atoms with Crippen LogP contribution < -0.4 is 9.47 Å². The van der Waals surface area contributed by atoms with Crippen LogP contribution in [-0.4, -0.2) is 17.9 Å². The lowest BCUT2D eigenvalue weighted by Crippen LogP contribution is -2.17. The minimum Gasteiger partial charge on any atom is -0.481 e. The number of carboxylic acids is 1. The quantitative estimate of drug-likeness (QED) is 0.903. The molecule has 1 N–H and O–H groups in total. The van der Waals surface area contributed by atoms with Crippen molar-refractivity contribution in [3.05, 3.63) is 22.7 Å². The summed E-state index contributed by atoms with van der Waals surface area (Å²) >= 11 is 6.03. The molecule has 1 aromatic carbocycles. The highest BCUT2D eigenvalue weighted by atomic mass is 35.5. The molecule has 5 heteroatoms. The molecule has 1 aliphatic heterocycles. The Morgan fingerprint density at radius 3 is 2.71 bits per heavy atom. The largest absolute Gasteiger partial charge is 0.481 e. The summed E-state index contributed by atoms with van der Waals surface area (Å²) in [5, 5.41) is 9.61. The zero-order valence-corrected chi connectivity index (χ0v) is 10.3. The predicted octanol–water partition coefficient (Wildman–Crippen LogP) is 2.89. The number of hydrogen-bond acceptors (Lipinski definition) is 3. The van der Waals surface area contributed by atoms with Gasteiger partial charge in [0.05, 0.1) is 10.9 Å². The molecule has 17 heavy (non-hydrogen) atoms. The fraction of sp³-hybridized carbons (Fsp3) is 0.417. The number of benzene rings is 1. The average molecular weight is 257 g/mol. The van der Waals surface area contributed by atoms with Crippen LogP contribution >= 0.6 is 11.6 Å². The summed E-state index contributed by atoms with van der Waals surface area (Å²) in [5.41, 5.74) is 0.641. The SMILES string of the molecule is CC(C)C(C(=O)O)c1cc(Cl)c2c(c1)OCO2. The molecule has 92 valence electrons. The number of ether oxygens (including phenoxy) is 2. The van der Waals surface area contributed by atoms with Crippen LogP contribution in [0.5, 0.6) is 11.5 Å². The van der Waals surface area contributed by atoms with Crippen molar-refractivity contribution >= 4 is 17.6 Å². The van der Waals surface area contributed by atoms with E-state index in [2.05, 4.69) is 0 Å². The topological polar surface area (TPSA) is 55.8 Å². The fourth-order valence-electron chi connectivity index (χ4n) is 1.98. The van der Waals surface area contributed by atoms with Gasteiger partial charge in [0, 0.05) is 0 Å². The first-order chi connectivity index (χ1) is 8.00. The monoisotopic (exact) mass is 256 g/mol. The molecule has 2 rings (SSSR count). The summed E-state index contributed by atoms with van der Waals surface area (Å²) in [6.07, 6.45) is 0. The molecular weight excluding hydrogens is 244 g/mol. The van der Waals surface area contributed by atoms with Gasteiger partial charge < -0.3 is 14.6 Å². The van der Waals surface area contributed by atoms with Gasteiger partial charge in [-0.25, -0.2) is 0 Å². The maximum atomic E-state index is 11.2. The molecule has 1 atom stereocenters. The molecular formula is C12H13ClO4. The van der Waals surface area contributed by atoms with Crippen LogP contribution in [-0.2, 0) is 4.79 Å². The number of hydrogen-bond donors (Lipinski definition) is 1. The maximum absolute atomic E-state index is 11.2. The summed E-state index contributed by atoms with van der Waals surface area (Å²) in [4.78, 5) is 11.2. The van der Waals surface area contributed by atoms with E-state index in [4.69, 9.17) is 21.1 Å². The fourth-order valence-corrected chi connectivity index (χ4v) is 2.25. The van der Waals surface area contributed by atoms with Crippen molar-refractivity contribution in [2.45, 2.75) is 19.8 Å². The Labute approximate surface area is 104 Å². The molecule has 0 spiro atoms. The molecule has 0 aliphatic carbocycles. The van der Waals surface area contributed by atoms with Crippen molar-refractivity contribution in [2.75, 3.05) is 6.79 Å². The van der Waals surface area contributed by atoms with Gasteiger partial charge in [0.2, 0.25) is 6.79 Å². The van der Waals surface area contributed by atoms with Gasteiger partial charge >= 0.3 is 5.97 Å². The third-order valence-electron chi connectivity index (χ3n) is 2.74. The molecule has 0 amide bonds. The molecule has 4 nitrogen and oxygen atoms in total. The van der Waals surface area contributed by atoms with Gasteiger partial charge in [0.15, 0.2) is 11.5 Å². The molecule has 0 aromatic heterocycles. The van der Waals surface area contributed by atoms with E-state index in [0.29, 0.717) is 22.1 Å². The van der Waals surface area contributed by atoms with Gasteiger partial charge in [-0.15, -0.1) is 0 Å². The second-order valence-corrected chi connectivity index (χ2v) is 4.70. The van der Waals surface area contributed by atoms with E-state index < -0.39 is 11.9 Å². The van der Waals surface area contributed by atoms with Crippen LogP contribution in [0.4, 0.5) is 0 Å². The second kappa shape index (κ2) is 4.45. The van der Waals surface area contributed by atoms with E-state index in [1.807, 2.05) is 13.8 Å². The van der Waals surface area contributed by atoms with Crippen molar-refractivity contribution in [3.63, 3.8) is 0 Å². The summed E-state index contributed by atoms with van der Waals surface area (Å²) in [5.74, 6) is -0.483. The van der Waals surface area contributed by atoms with E-state index in [9.17, 15) is 9.90 Å². The standard InChI is InChI=1S/C12H13ClO4/c1-6(2)10(12(14)15)7-3-8(13)11-9(4-7)16-5-17-11/h3-4,6,10H,5H2,1-2H3,(H,14,15). The molecule has 0 fully saturated rings. The smallest absolute Gasteiger partial charge is 0.311 e. The number of aliphatic carboxylic acids is 1. The lowest BCUT2D eigenvalue weighted by atomic mass is 9.88. The second-order valence-electron chi connectivity index (χ2n) is 4.30. The zero-order chi connectivity index (χ0) is 12.6. The molecule has 0 saturated heterocycles. The molecule has 1 aromatic rings. The van der Waals surface area contributed by atoms with E-state index in [1.54, 1.807) is 12.1 Å². The number of halogens is 1. The van der Waals surface area contributed by atoms with Gasteiger partial charge in [-0.2, -0.15) is 0 Å². The van der Waals surface area contributed by atoms with Crippen LogP contribution in [0.25, 0.3) is 0 Å². The Bertz CT molecular complexity index is 456. The van der Waals surface area contributed by atoms with Crippen LogP contribution in [0.3, 0.4) is 0 Å². The lowest BCUT2D eigenvalue weighted by molar-refractivity contribution is -0.139. The van der Waals surface area contributed by atoms with Crippen molar-refractivity contribution in [1.82, 2.24) is 0 Å². The molecule has 0 bridgehead atoms. The third kappa shape index (κ3) is 2.17. The summed E-state index contributed by atoms with van der Waals surface area (Å²) < 4.78 is 10.4. The summed E-state index contributed by atoms with van der Waals surface area (Å²) in [6.45, 7) is 3.84. The van der Waals surface area contributed by atoms with Gasteiger partial charge in [-0.3, -0.25) is 4.79 Å². The third-order valence-corrected chi connectivity index (χ3v) is 3.02. The van der Waals surface area contributed by atoms with Crippen LogP contribution in [0.15, 0.2) is 12.1 Å². The summed E-state index contributed by atoms with van der Waals surface area (Å²) in [6, 6.07) is 3.32. The van der Waals surface area contributed by atoms with Crippen LogP contribution in [0, 0.1) is 5.92 Å². The molecule has 0 saturated carbocycles. The van der Waals surface area contributed by atoms with Gasteiger partial charge in [0.1, 0.15) is 0 Å². The first-order valence-electron chi connectivity index (χ1n) is 5.32. The lowest BCUT2D eigenvalue weighted by Gasteiger charge is -2.17. The first kappa shape index (κ1) is 12.0. The highest BCUT2D eigenvalue weighted by Gasteiger charge is 2.27. The number of rotatable bonds is 3. The van der Waals surface area contributed by atoms with Crippen molar-refractivity contribution in [3.8, 4) is 11.5 Å². The Morgan fingerprint density at radius 1 is 1.41 bits per heavy atom. The minimum absolute atomic E-state index is 0.0241. The van der Waals surface area contributed by atoms with E-state index >= 15 is 0 Å². The van der Waals surface area contributed by atoms with Crippen molar-refractivity contribution in [2.24, 2.45) is 5.92 Å². The number of fused-ring (bicyclic) bond motifs is 1. The van der Waals surface area contributed by atoms with Gasteiger partial charge in [0.25, 0.3) is 0 Å². The normalized spacial score (nSPS) is 15.1. The van der Waals surface area contributed by atoms with E-state index in [-0.39, 0.29) is 12.7 Å². The van der Waals surface area contributed by atoms with Gasteiger partial charge in [-0.05, 0) is 23.6 Å². The maximum Gasteiger partial charge on any atom is 0.311 e. The first-order valence-corrected chi connectivity index (χ1v) is 5.70. The van der Waals surface area contributed by atoms with Crippen molar-refractivity contribution < 1.29 is 19.4 Å². The van der Waals surface area contributed by atoms with E-state index in [0.717, 1.165) is 0 Å². The minimum atomic E-state index is -0.866. The average Bonchev–Trinajstić information content (AvgIpc) is 2.64. The highest BCUT2D eigenvalue weighted by molar-refractivity contribution is 6.32. The number of carbonyl (C=O) groups is 1. The Morgan fingerprint density at radius 2 is 2.12 bits per heavy atom. The Kier molecular flexibility index (Phi) is 3.15. The van der Waals surface area contributed by atoms with Crippen LogP contribution in [0.1, 0.15) is 25.3 Å². The molecule has 1 aliphatic rings. The highest BCUT2D eigenvalue weighted by Crippen LogP contribution is 2.42.